The Kier molecular flexibility index (Phi) is 5.02. The normalized spacial score (nSPS) is 10.4. The van der Waals surface area contributed by atoms with Gasteiger partial charge in [-0.05, 0) is 65.8 Å². The molecule has 5 nitrogen and oxygen atoms in total. The molecule has 2 aromatic rings. The van der Waals surface area contributed by atoms with Crippen molar-refractivity contribution < 1.29 is 9.72 Å². The van der Waals surface area contributed by atoms with Gasteiger partial charge in [-0.15, -0.1) is 0 Å². The highest BCUT2D eigenvalue weighted by Gasteiger charge is 2.21. The van der Waals surface area contributed by atoms with Crippen molar-refractivity contribution in [1.82, 2.24) is 0 Å². The van der Waals surface area contributed by atoms with Crippen LogP contribution in [0.1, 0.15) is 21.5 Å². The van der Waals surface area contributed by atoms with Gasteiger partial charge in [0.1, 0.15) is 5.69 Å². The summed E-state index contributed by atoms with van der Waals surface area (Å²) in [5.41, 5.74) is 1.85. The minimum atomic E-state index is -0.515. The highest BCUT2D eigenvalue weighted by atomic mass is 127. The molecule has 1 amide bonds. The molecule has 0 saturated carbocycles. The average Bonchev–Trinajstić information content (AvgIpc) is 2.46. The molecule has 1 N–H and O–H groups in total. The monoisotopic (exact) mass is 430 g/mol. The fraction of sp³-hybridized carbons (Fsp3) is 0.133. The second-order valence-corrected chi connectivity index (χ2v) is 6.39. The molecule has 0 heterocycles. The number of amides is 1. The largest absolute Gasteiger partial charge is 0.316 e. The fourth-order valence-electron chi connectivity index (χ4n) is 1.96. The molecule has 0 aliphatic rings. The Labute approximate surface area is 146 Å². The van der Waals surface area contributed by atoms with Crippen molar-refractivity contribution in [2.24, 2.45) is 0 Å². The van der Waals surface area contributed by atoms with E-state index in [0.29, 0.717) is 10.6 Å². The summed E-state index contributed by atoms with van der Waals surface area (Å²) in [7, 11) is 0. The fourth-order valence-corrected chi connectivity index (χ4v) is 2.66. The number of hydrogen-bond acceptors (Lipinski definition) is 3. The summed E-state index contributed by atoms with van der Waals surface area (Å²) in [6, 6.07) is 8.07. The number of hydrogen-bond donors (Lipinski definition) is 1. The predicted molar refractivity (Wildman–Crippen MR) is 94.7 cm³/mol. The predicted octanol–water partition coefficient (Wildman–Crippen LogP) is 4.72. The van der Waals surface area contributed by atoms with E-state index in [1.165, 1.54) is 6.07 Å². The maximum atomic E-state index is 12.4. The number of carbonyl (C=O) groups is 1. The molecule has 0 spiro atoms. The van der Waals surface area contributed by atoms with Crippen LogP contribution in [0.2, 0.25) is 5.02 Å². The number of carbonyl (C=O) groups excluding carboxylic acids is 1. The zero-order valence-corrected chi connectivity index (χ0v) is 14.7. The number of benzene rings is 2. The summed E-state index contributed by atoms with van der Waals surface area (Å²) in [4.78, 5) is 23.0. The van der Waals surface area contributed by atoms with Crippen LogP contribution >= 0.6 is 34.2 Å². The van der Waals surface area contributed by atoms with E-state index in [-0.39, 0.29) is 16.9 Å². The van der Waals surface area contributed by atoms with Gasteiger partial charge in [-0.3, -0.25) is 14.9 Å². The van der Waals surface area contributed by atoms with Crippen molar-refractivity contribution in [3.05, 3.63) is 65.7 Å². The van der Waals surface area contributed by atoms with E-state index in [9.17, 15) is 14.9 Å². The van der Waals surface area contributed by atoms with Gasteiger partial charge in [-0.2, -0.15) is 0 Å². The van der Waals surface area contributed by atoms with Crippen molar-refractivity contribution in [3.8, 4) is 0 Å². The van der Waals surface area contributed by atoms with Crippen LogP contribution < -0.4 is 5.32 Å². The van der Waals surface area contributed by atoms with E-state index in [0.717, 1.165) is 9.13 Å². The number of rotatable bonds is 3. The van der Waals surface area contributed by atoms with E-state index in [1.54, 1.807) is 31.2 Å². The average molecular weight is 431 g/mol. The second kappa shape index (κ2) is 6.62. The van der Waals surface area contributed by atoms with Gasteiger partial charge in [0.15, 0.2) is 0 Å². The molecule has 2 aromatic carbocycles. The zero-order valence-electron chi connectivity index (χ0n) is 11.8. The van der Waals surface area contributed by atoms with Gasteiger partial charge in [-0.25, -0.2) is 0 Å². The minimum absolute atomic E-state index is 0.141. The van der Waals surface area contributed by atoms with Gasteiger partial charge < -0.3 is 5.32 Å². The van der Waals surface area contributed by atoms with Gasteiger partial charge in [0.2, 0.25) is 0 Å². The molecule has 7 heteroatoms. The van der Waals surface area contributed by atoms with E-state index < -0.39 is 10.8 Å². The number of nitrogens with zero attached hydrogens (tertiary/aromatic N) is 1. The summed E-state index contributed by atoms with van der Waals surface area (Å²) < 4.78 is 0.850. The molecule has 0 bridgehead atoms. The quantitative estimate of drug-likeness (QED) is 0.435. The molecule has 0 aliphatic carbocycles. The van der Waals surface area contributed by atoms with E-state index in [1.807, 2.05) is 6.92 Å². The molecule has 0 aromatic heterocycles. The van der Waals surface area contributed by atoms with Crippen LogP contribution in [-0.4, -0.2) is 10.8 Å². The number of halogens is 2. The first-order valence-corrected chi connectivity index (χ1v) is 7.78. The SMILES string of the molecule is Cc1ccc([N+](=O)[O-])c(NC(=O)c2cc(I)ccc2Cl)c1C. The zero-order chi connectivity index (χ0) is 16.4. The van der Waals surface area contributed by atoms with Crippen LogP contribution in [0.15, 0.2) is 30.3 Å². The van der Waals surface area contributed by atoms with Crippen LogP contribution in [0, 0.1) is 27.5 Å². The Balaban J connectivity index is 2.46. The third-order valence-electron chi connectivity index (χ3n) is 3.32. The molecular formula is C15H12ClIN2O3. The summed E-state index contributed by atoms with van der Waals surface area (Å²) in [5.74, 6) is -0.472. The Morgan fingerprint density at radius 2 is 1.95 bits per heavy atom. The molecule has 0 radical (unpaired) electrons. The number of nitro groups is 1. The van der Waals surface area contributed by atoms with Crippen molar-refractivity contribution in [3.63, 3.8) is 0 Å². The Morgan fingerprint density at radius 1 is 1.27 bits per heavy atom. The Bertz CT molecular complexity index is 778. The van der Waals surface area contributed by atoms with Gasteiger partial charge in [0.25, 0.3) is 11.6 Å². The van der Waals surface area contributed by atoms with Gasteiger partial charge in [0, 0.05) is 9.64 Å². The molecule has 0 fully saturated rings. The van der Waals surface area contributed by atoms with E-state index in [2.05, 4.69) is 27.9 Å². The molecular weight excluding hydrogens is 419 g/mol. The first-order chi connectivity index (χ1) is 10.3. The first kappa shape index (κ1) is 16.7. The van der Waals surface area contributed by atoms with E-state index >= 15 is 0 Å². The second-order valence-electron chi connectivity index (χ2n) is 4.74. The summed E-state index contributed by atoms with van der Waals surface area (Å²) in [6.07, 6.45) is 0. The number of aryl methyl sites for hydroxylation is 1. The highest BCUT2D eigenvalue weighted by Crippen LogP contribution is 2.31. The van der Waals surface area contributed by atoms with Crippen molar-refractivity contribution in [1.29, 1.82) is 0 Å². The minimum Gasteiger partial charge on any atom is -0.316 e. The maximum absolute atomic E-state index is 12.4. The van der Waals surface area contributed by atoms with Crippen LogP contribution in [0.3, 0.4) is 0 Å². The van der Waals surface area contributed by atoms with Crippen LogP contribution in [-0.2, 0) is 0 Å². The van der Waals surface area contributed by atoms with Crippen molar-refractivity contribution in [2.75, 3.05) is 5.32 Å². The number of nitrogens with one attached hydrogen (secondary N) is 1. The molecule has 22 heavy (non-hydrogen) atoms. The summed E-state index contributed by atoms with van der Waals surface area (Å²) in [5, 5.41) is 14.1. The van der Waals surface area contributed by atoms with Crippen LogP contribution in [0.4, 0.5) is 11.4 Å². The van der Waals surface area contributed by atoms with Gasteiger partial charge >= 0.3 is 0 Å². The Hall–Kier alpha value is -1.67. The molecule has 0 atom stereocenters. The molecule has 0 unspecified atom stereocenters. The van der Waals surface area contributed by atoms with Crippen LogP contribution in [0.5, 0.6) is 0 Å². The van der Waals surface area contributed by atoms with Crippen molar-refractivity contribution in [2.45, 2.75) is 13.8 Å². The third kappa shape index (κ3) is 3.38. The first-order valence-electron chi connectivity index (χ1n) is 6.32. The summed E-state index contributed by atoms with van der Waals surface area (Å²) >= 11 is 8.10. The number of nitro benzene ring substituents is 1. The molecule has 0 aliphatic heterocycles. The maximum Gasteiger partial charge on any atom is 0.293 e. The molecule has 114 valence electrons. The highest BCUT2D eigenvalue weighted by molar-refractivity contribution is 14.1. The lowest BCUT2D eigenvalue weighted by molar-refractivity contribution is -0.384. The van der Waals surface area contributed by atoms with Crippen molar-refractivity contribution >= 4 is 51.5 Å². The Morgan fingerprint density at radius 3 is 2.59 bits per heavy atom. The van der Waals surface area contributed by atoms with Gasteiger partial charge in [-0.1, -0.05) is 17.7 Å². The van der Waals surface area contributed by atoms with E-state index in [4.69, 9.17) is 11.6 Å². The third-order valence-corrected chi connectivity index (χ3v) is 4.32. The lowest BCUT2D eigenvalue weighted by Crippen LogP contribution is -2.15. The lowest BCUT2D eigenvalue weighted by atomic mass is 10.1. The van der Waals surface area contributed by atoms with Crippen LogP contribution in [0.25, 0.3) is 0 Å². The standard InChI is InChI=1S/C15H12ClIN2O3/c1-8-3-6-13(19(21)22)14(9(8)2)18-15(20)11-7-10(17)4-5-12(11)16/h3-7H,1-2H3,(H,18,20). The lowest BCUT2D eigenvalue weighted by Gasteiger charge is -2.12. The smallest absolute Gasteiger partial charge is 0.293 e. The topological polar surface area (TPSA) is 72.2 Å². The molecule has 0 saturated heterocycles. The molecule has 2 rings (SSSR count). The number of anilines is 1. The summed E-state index contributed by atoms with van der Waals surface area (Å²) in [6.45, 7) is 3.56. The van der Waals surface area contributed by atoms with Gasteiger partial charge in [0.05, 0.1) is 15.5 Å².